The van der Waals surface area contributed by atoms with Crippen LogP contribution in [0, 0.1) is 0 Å². The maximum absolute atomic E-state index is 8.81. The molecule has 0 saturated carbocycles. The molecule has 1 saturated heterocycles. The summed E-state index contributed by atoms with van der Waals surface area (Å²) in [7, 11) is 0. The maximum atomic E-state index is 8.81. The average Bonchev–Trinajstić information content (AvgIpc) is 2.14. The molecule has 1 aliphatic heterocycles. The lowest BCUT2D eigenvalue weighted by atomic mass is 10.3. The van der Waals surface area contributed by atoms with Crippen LogP contribution >= 0.6 is 22.6 Å². The summed E-state index contributed by atoms with van der Waals surface area (Å²) in [5.74, 6) is 0. The van der Waals surface area contributed by atoms with Crippen molar-refractivity contribution in [2.24, 2.45) is 0 Å². The zero-order chi connectivity index (χ0) is 5.98. The van der Waals surface area contributed by atoms with E-state index >= 15 is 0 Å². The third-order valence-corrected chi connectivity index (χ3v) is 2.24. The van der Waals surface area contributed by atoms with Gasteiger partial charge in [-0.25, -0.2) is 0 Å². The number of aliphatic hydroxyl groups excluding tert-OH is 1. The van der Waals surface area contributed by atoms with Crippen molar-refractivity contribution >= 4 is 22.6 Å². The number of alkyl halides is 1. The molecule has 0 aliphatic carbocycles. The Balaban J connectivity index is 2.22. The standard InChI is InChI=1S/C5H9IO2/c6-3-4-1-2-5(7)8-4/h4-5,7H,1-3H2/t4-,5-/m1/s1. The van der Waals surface area contributed by atoms with Crippen molar-refractivity contribution in [1.82, 2.24) is 0 Å². The topological polar surface area (TPSA) is 29.5 Å². The van der Waals surface area contributed by atoms with E-state index in [2.05, 4.69) is 22.6 Å². The van der Waals surface area contributed by atoms with E-state index in [0.717, 1.165) is 17.3 Å². The van der Waals surface area contributed by atoms with Gasteiger partial charge in [-0.15, -0.1) is 0 Å². The zero-order valence-corrected chi connectivity index (χ0v) is 6.67. The van der Waals surface area contributed by atoms with Crippen molar-refractivity contribution in [3.63, 3.8) is 0 Å². The SMILES string of the molecule is O[C@H]1CC[C@H](CI)O1. The summed E-state index contributed by atoms with van der Waals surface area (Å²) < 4.78 is 6.05. The van der Waals surface area contributed by atoms with Crippen molar-refractivity contribution < 1.29 is 9.84 Å². The number of hydrogen-bond donors (Lipinski definition) is 1. The van der Waals surface area contributed by atoms with E-state index in [1.165, 1.54) is 0 Å². The fourth-order valence-corrected chi connectivity index (χ4v) is 1.45. The molecular weight excluding hydrogens is 219 g/mol. The second-order valence-electron chi connectivity index (χ2n) is 1.94. The van der Waals surface area contributed by atoms with Crippen LogP contribution in [0.2, 0.25) is 0 Å². The first kappa shape index (κ1) is 6.77. The highest BCUT2D eigenvalue weighted by Crippen LogP contribution is 2.18. The van der Waals surface area contributed by atoms with E-state index < -0.39 is 6.29 Å². The Kier molecular flexibility index (Phi) is 2.52. The minimum absolute atomic E-state index is 0.311. The summed E-state index contributed by atoms with van der Waals surface area (Å²) in [4.78, 5) is 0. The fraction of sp³-hybridized carbons (Fsp3) is 1.00. The minimum Gasteiger partial charge on any atom is -0.368 e. The molecule has 1 aliphatic rings. The molecule has 1 heterocycles. The molecule has 8 heavy (non-hydrogen) atoms. The van der Waals surface area contributed by atoms with Crippen LogP contribution in [-0.2, 0) is 4.74 Å². The van der Waals surface area contributed by atoms with Crippen LogP contribution in [-0.4, -0.2) is 21.9 Å². The molecule has 3 heteroatoms. The van der Waals surface area contributed by atoms with Crippen molar-refractivity contribution in [1.29, 1.82) is 0 Å². The van der Waals surface area contributed by atoms with Crippen LogP contribution in [0.5, 0.6) is 0 Å². The van der Waals surface area contributed by atoms with Gasteiger partial charge in [0.15, 0.2) is 6.29 Å². The molecule has 2 nitrogen and oxygen atoms in total. The van der Waals surface area contributed by atoms with Crippen molar-refractivity contribution in [2.45, 2.75) is 25.2 Å². The lowest BCUT2D eigenvalue weighted by Gasteiger charge is -2.03. The van der Waals surface area contributed by atoms with Gasteiger partial charge in [-0.3, -0.25) is 0 Å². The first-order valence-electron chi connectivity index (χ1n) is 2.72. The molecule has 0 amide bonds. The summed E-state index contributed by atoms with van der Waals surface area (Å²) in [6.45, 7) is 0. The lowest BCUT2D eigenvalue weighted by Crippen LogP contribution is -2.10. The van der Waals surface area contributed by atoms with Gasteiger partial charge >= 0.3 is 0 Å². The Morgan fingerprint density at radius 2 is 2.38 bits per heavy atom. The molecule has 2 atom stereocenters. The molecule has 48 valence electrons. The van der Waals surface area contributed by atoms with E-state index in [9.17, 15) is 0 Å². The first-order chi connectivity index (χ1) is 3.83. The van der Waals surface area contributed by atoms with Crippen LogP contribution in [0.4, 0.5) is 0 Å². The Morgan fingerprint density at radius 3 is 2.62 bits per heavy atom. The maximum Gasteiger partial charge on any atom is 0.155 e. The van der Waals surface area contributed by atoms with Crippen molar-refractivity contribution in [2.75, 3.05) is 4.43 Å². The van der Waals surface area contributed by atoms with Crippen molar-refractivity contribution in [3.05, 3.63) is 0 Å². The number of aliphatic hydroxyl groups is 1. The summed E-state index contributed by atoms with van der Waals surface area (Å²) in [5.41, 5.74) is 0. The van der Waals surface area contributed by atoms with E-state index in [-0.39, 0.29) is 0 Å². The minimum atomic E-state index is -0.477. The van der Waals surface area contributed by atoms with Crippen LogP contribution < -0.4 is 0 Å². The average molecular weight is 228 g/mol. The lowest BCUT2D eigenvalue weighted by molar-refractivity contribution is -0.0830. The highest BCUT2D eigenvalue weighted by atomic mass is 127. The van der Waals surface area contributed by atoms with Gasteiger partial charge in [0.05, 0.1) is 6.10 Å². The molecule has 0 aromatic heterocycles. The second kappa shape index (κ2) is 2.98. The Labute approximate surface area is 62.4 Å². The molecule has 1 rings (SSSR count). The smallest absolute Gasteiger partial charge is 0.155 e. The Hall–Kier alpha value is 0.650. The quantitative estimate of drug-likeness (QED) is 0.534. The molecule has 0 bridgehead atoms. The van der Waals surface area contributed by atoms with Crippen LogP contribution in [0.1, 0.15) is 12.8 Å². The predicted molar refractivity (Wildman–Crippen MR) is 39.0 cm³/mol. The van der Waals surface area contributed by atoms with Crippen LogP contribution in [0.3, 0.4) is 0 Å². The Morgan fingerprint density at radius 1 is 1.62 bits per heavy atom. The molecule has 0 aromatic rings. The van der Waals surface area contributed by atoms with Gasteiger partial charge < -0.3 is 9.84 Å². The van der Waals surface area contributed by atoms with E-state index in [1.807, 2.05) is 0 Å². The number of rotatable bonds is 1. The summed E-state index contributed by atoms with van der Waals surface area (Å²) >= 11 is 2.26. The third kappa shape index (κ3) is 1.56. The third-order valence-electron chi connectivity index (χ3n) is 1.26. The normalized spacial score (nSPS) is 38.2. The molecule has 0 unspecified atom stereocenters. The van der Waals surface area contributed by atoms with E-state index in [4.69, 9.17) is 9.84 Å². The van der Waals surface area contributed by atoms with Gasteiger partial charge in [-0.2, -0.15) is 0 Å². The van der Waals surface area contributed by atoms with E-state index in [1.54, 1.807) is 0 Å². The molecule has 0 spiro atoms. The molecule has 1 N–H and O–H groups in total. The van der Waals surface area contributed by atoms with Crippen LogP contribution in [0.25, 0.3) is 0 Å². The van der Waals surface area contributed by atoms with Gasteiger partial charge in [0.1, 0.15) is 0 Å². The van der Waals surface area contributed by atoms with Crippen LogP contribution in [0.15, 0.2) is 0 Å². The number of halogens is 1. The summed E-state index contributed by atoms with van der Waals surface area (Å²) in [6.07, 6.45) is 1.66. The number of ether oxygens (including phenoxy) is 1. The largest absolute Gasteiger partial charge is 0.368 e. The van der Waals surface area contributed by atoms with Gasteiger partial charge in [-0.05, 0) is 6.42 Å². The van der Waals surface area contributed by atoms with Gasteiger partial charge in [0.2, 0.25) is 0 Å². The first-order valence-corrected chi connectivity index (χ1v) is 4.25. The van der Waals surface area contributed by atoms with E-state index in [0.29, 0.717) is 6.10 Å². The Bertz CT molecular complexity index is 76.8. The summed E-state index contributed by atoms with van der Waals surface area (Å²) in [5, 5.41) is 8.81. The number of hydrogen-bond acceptors (Lipinski definition) is 2. The second-order valence-corrected chi connectivity index (χ2v) is 2.83. The van der Waals surface area contributed by atoms with Crippen molar-refractivity contribution in [3.8, 4) is 0 Å². The molecule has 0 aromatic carbocycles. The summed E-state index contributed by atoms with van der Waals surface area (Å²) in [6, 6.07) is 0. The highest BCUT2D eigenvalue weighted by Gasteiger charge is 2.21. The fourth-order valence-electron chi connectivity index (χ4n) is 0.800. The molecule has 1 fully saturated rings. The molecular formula is C5H9IO2. The predicted octanol–water partition coefficient (Wildman–Crippen LogP) is 0.919. The highest BCUT2D eigenvalue weighted by molar-refractivity contribution is 14.1. The van der Waals surface area contributed by atoms with Gasteiger partial charge in [0, 0.05) is 10.8 Å². The van der Waals surface area contributed by atoms with Gasteiger partial charge in [-0.1, -0.05) is 22.6 Å². The van der Waals surface area contributed by atoms with Gasteiger partial charge in [0.25, 0.3) is 0 Å². The monoisotopic (exact) mass is 228 g/mol. The molecule has 0 radical (unpaired) electrons. The zero-order valence-electron chi connectivity index (χ0n) is 4.51.